The molecule has 1 aliphatic carbocycles. The van der Waals surface area contributed by atoms with Gasteiger partial charge in [0.1, 0.15) is 0 Å². The van der Waals surface area contributed by atoms with Crippen LogP contribution in [0.2, 0.25) is 0 Å². The van der Waals surface area contributed by atoms with E-state index in [0.717, 1.165) is 24.0 Å². The van der Waals surface area contributed by atoms with Gasteiger partial charge in [-0.15, -0.1) is 0 Å². The van der Waals surface area contributed by atoms with Crippen LogP contribution in [-0.4, -0.2) is 34.9 Å². The third-order valence-electron chi connectivity index (χ3n) is 3.32. The maximum Gasteiger partial charge on any atom is 0.246 e. The Morgan fingerprint density at radius 1 is 1.50 bits per heavy atom. The maximum atomic E-state index is 11.6. The molecule has 0 aromatic carbocycles. The van der Waals surface area contributed by atoms with Crippen LogP contribution in [0.4, 0.5) is 0 Å². The number of amides is 1. The summed E-state index contributed by atoms with van der Waals surface area (Å²) in [5.74, 6) is 3.11. The minimum Gasteiger partial charge on any atom is -0.334 e. The second-order valence-electron chi connectivity index (χ2n) is 4.07. The summed E-state index contributed by atoms with van der Waals surface area (Å²) in [5, 5.41) is 0. The van der Waals surface area contributed by atoms with Crippen molar-refractivity contribution in [1.29, 1.82) is 0 Å². The minimum atomic E-state index is 0.127. The molecule has 0 aromatic heterocycles. The molecule has 1 unspecified atom stereocenters. The lowest BCUT2D eigenvalue weighted by Crippen LogP contribution is -2.50. The Bertz CT molecular complexity index is 237. The standard InChI is InChI=1S/C11H17NOS/c1-2-11(13)12-6-7-14-8-10(12)9-4-3-5-9/h2,9-10H,1,3-8H2. The molecular formula is C11H17NOS. The highest BCUT2D eigenvalue weighted by Crippen LogP contribution is 2.35. The summed E-state index contributed by atoms with van der Waals surface area (Å²) in [7, 11) is 0. The lowest BCUT2D eigenvalue weighted by molar-refractivity contribution is -0.129. The summed E-state index contributed by atoms with van der Waals surface area (Å²) in [6.07, 6.45) is 5.43. The fraction of sp³-hybridized carbons (Fsp3) is 0.727. The summed E-state index contributed by atoms with van der Waals surface area (Å²) in [5.41, 5.74) is 0. The topological polar surface area (TPSA) is 20.3 Å². The van der Waals surface area contributed by atoms with Gasteiger partial charge < -0.3 is 4.90 Å². The Morgan fingerprint density at radius 2 is 2.29 bits per heavy atom. The van der Waals surface area contributed by atoms with Gasteiger partial charge >= 0.3 is 0 Å². The first-order valence-electron chi connectivity index (χ1n) is 5.33. The van der Waals surface area contributed by atoms with Crippen LogP contribution in [0, 0.1) is 5.92 Å². The highest BCUT2D eigenvalue weighted by molar-refractivity contribution is 7.99. The van der Waals surface area contributed by atoms with Gasteiger partial charge in [-0.25, -0.2) is 0 Å². The van der Waals surface area contributed by atoms with Crippen molar-refractivity contribution in [2.24, 2.45) is 5.92 Å². The predicted molar refractivity (Wildman–Crippen MR) is 60.4 cm³/mol. The quantitative estimate of drug-likeness (QED) is 0.650. The lowest BCUT2D eigenvalue weighted by atomic mass is 9.79. The number of nitrogens with zero attached hydrogens (tertiary/aromatic N) is 1. The molecule has 1 atom stereocenters. The Balaban J connectivity index is 2.02. The summed E-state index contributed by atoms with van der Waals surface area (Å²) >= 11 is 1.98. The normalized spacial score (nSPS) is 28.3. The Kier molecular flexibility index (Phi) is 3.16. The third-order valence-corrected chi connectivity index (χ3v) is 4.37. The monoisotopic (exact) mass is 211 g/mol. The average molecular weight is 211 g/mol. The highest BCUT2D eigenvalue weighted by Gasteiger charge is 2.35. The van der Waals surface area contributed by atoms with Crippen molar-refractivity contribution in [2.75, 3.05) is 18.1 Å². The molecule has 2 aliphatic rings. The second-order valence-corrected chi connectivity index (χ2v) is 5.22. The van der Waals surface area contributed by atoms with Gasteiger partial charge in [0, 0.05) is 24.1 Å². The number of hydrogen-bond donors (Lipinski definition) is 0. The predicted octanol–water partition coefficient (Wildman–Crippen LogP) is 1.92. The van der Waals surface area contributed by atoms with E-state index in [1.54, 1.807) is 0 Å². The van der Waals surface area contributed by atoms with Crippen molar-refractivity contribution in [3.63, 3.8) is 0 Å². The van der Waals surface area contributed by atoms with E-state index in [2.05, 4.69) is 6.58 Å². The van der Waals surface area contributed by atoms with E-state index in [-0.39, 0.29) is 5.91 Å². The number of rotatable bonds is 2. The molecule has 0 bridgehead atoms. The molecule has 14 heavy (non-hydrogen) atoms. The Labute approximate surface area is 89.7 Å². The third kappa shape index (κ3) is 1.83. The van der Waals surface area contributed by atoms with Crippen LogP contribution in [0.1, 0.15) is 19.3 Å². The number of thioether (sulfide) groups is 1. The summed E-state index contributed by atoms with van der Waals surface area (Å²) in [6, 6.07) is 0.494. The molecule has 1 heterocycles. The fourth-order valence-electron chi connectivity index (χ4n) is 2.23. The van der Waals surface area contributed by atoms with Crippen LogP contribution in [0.3, 0.4) is 0 Å². The SMILES string of the molecule is C=CC(=O)N1CCSCC1C1CCC1. The highest BCUT2D eigenvalue weighted by atomic mass is 32.2. The minimum absolute atomic E-state index is 0.127. The van der Waals surface area contributed by atoms with Crippen molar-refractivity contribution < 1.29 is 4.79 Å². The van der Waals surface area contributed by atoms with E-state index >= 15 is 0 Å². The van der Waals surface area contributed by atoms with Crippen LogP contribution in [0.15, 0.2) is 12.7 Å². The van der Waals surface area contributed by atoms with Crippen molar-refractivity contribution in [3.05, 3.63) is 12.7 Å². The van der Waals surface area contributed by atoms with Gasteiger partial charge in [0.2, 0.25) is 5.91 Å². The summed E-state index contributed by atoms with van der Waals surface area (Å²) in [6.45, 7) is 4.49. The molecule has 1 saturated carbocycles. The molecule has 1 amide bonds. The molecule has 0 N–H and O–H groups in total. The van der Waals surface area contributed by atoms with E-state index < -0.39 is 0 Å². The molecule has 3 heteroatoms. The van der Waals surface area contributed by atoms with Crippen molar-refractivity contribution in [3.8, 4) is 0 Å². The van der Waals surface area contributed by atoms with Gasteiger partial charge in [-0.3, -0.25) is 4.79 Å². The molecule has 78 valence electrons. The largest absolute Gasteiger partial charge is 0.334 e. The van der Waals surface area contributed by atoms with Gasteiger partial charge in [0.15, 0.2) is 0 Å². The zero-order valence-corrected chi connectivity index (χ0v) is 9.26. The lowest BCUT2D eigenvalue weighted by Gasteiger charge is -2.43. The van der Waals surface area contributed by atoms with E-state index in [1.165, 1.54) is 25.3 Å². The molecule has 2 fully saturated rings. The first-order valence-corrected chi connectivity index (χ1v) is 6.49. The zero-order valence-electron chi connectivity index (χ0n) is 8.45. The van der Waals surface area contributed by atoms with E-state index in [1.807, 2.05) is 16.7 Å². The molecule has 0 aromatic rings. The second kappa shape index (κ2) is 4.39. The van der Waals surface area contributed by atoms with Gasteiger partial charge in [0.05, 0.1) is 0 Å². The number of hydrogen-bond acceptors (Lipinski definition) is 2. The van der Waals surface area contributed by atoms with Gasteiger partial charge in [-0.1, -0.05) is 13.0 Å². The molecule has 2 rings (SSSR count). The first kappa shape index (κ1) is 10.1. The molecule has 1 aliphatic heterocycles. The van der Waals surface area contributed by atoms with Crippen molar-refractivity contribution >= 4 is 17.7 Å². The van der Waals surface area contributed by atoms with Crippen molar-refractivity contribution in [1.82, 2.24) is 4.90 Å². The fourth-order valence-corrected chi connectivity index (χ4v) is 3.41. The van der Waals surface area contributed by atoms with Gasteiger partial charge in [-0.05, 0) is 24.8 Å². The Morgan fingerprint density at radius 3 is 2.86 bits per heavy atom. The van der Waals surface area contributed by atoms with Crippen LogP contribution in [0.25, 0.3) is 0 Å². The first-order chi connectivity index (χ1) is 6.83. The summed E-state index contributed by atoms with van der Waals surface area (Å²) in [4.78, 5) is 13.7. The van der Waals surface area contributed by atoms with Gasteiger partial charge in [-0.2, -0.15) is 11.8 Å². The zero-order chi connectivity index (χ0) is 9.97. The Hall–Kier alpha value is -0.440. The van der Waals surface area contributed by atoms with Crippen molar-refractivity contribution in [2.45, 2.75) is 25.3 Å². The molecule has 1 saturated heterocycles. The van der Waals surface area contributed by atoms with Crippen LogP contribution < -0.4 is 0 Å². The number of carbonyl (C=O) groups is 1. The molecule has 2 nitrogen and oxygen atoms in total. The molecular weight excluding hydrogens is 194 g/mol. The van der Waals surface area contributed by atoms with E-state index in [0.29, 0.717) is 6.04 Å². The number of carbonyl (C=O) groups excluding carboxylic acids is 1. The smallest absolute Gasteiger partial charge is 0.246 e. The van der Waals surface area contributed by atoms with Crippen LogP contribution in [0.5, 0.6) is 0 Å². The van der Waals surface area contributed by atoms with Crippen LogP contribution >= 0.6 is 11.8 Å². The van der Waals surface area contributed by atoms with E-state index in [9.17, 15) is 4.79 Å². The molecule has 0 spiro atoms. The van der Waals surface area contributed by atoms with Crippen LogP contribution in [-0.2, 0) is 4.79 Å². The van der Waals surface area contributed by atoms with E-state index in [4.69, 9.17) is 0 Å². The molecule has 0 radical (unpaired) electrons. The summed E-state index contributed by atoms with van der Waals surface area (Å²) < 4.78 is 0. The maximum absolute atomic E-state index is 11.6. The van der Waals surface area contributed by atoms with Gasteiger partial charge in [0.25, 0.3) is 0 Å². The average Bonchev–Trinajstić information content (AvgIpc) is 2.15.